The quantitative estimate of drug-likeness (QED) is 0.171. The van der Waals surface area contributed by atoms with Gasteiger partial charge < -0.3 is 30.3 Å². The number of rotatable bonds is 8. The number of alkyl carbamates (subject to hydrolysis) is 1. The zero-order valence-corrected chi connectivity index (χ0v) is 30.8. The van der Waals surface area contributed by atoms with Crippen molar-refractivity contribution in [2.45, 2.75) is 95.3 Å². The smallest absolute Gasteiger partial charge is 0.408 e. The Balaban J connectivity index is 1.43. The molecule has 270 valence electrons. The first-order chi connectivity index (χ1) is 24.0. The van der Waals surface area contributed by atoms with Crippen LogP contribution in [-0.4, -0.2) is 64.2 Å². The molecule has 0 radical (unpaired) electrons. The molecule has 0 spiro atoms. The lowest BCUT2D eigenvalue weighted by molar-refractivity contribution is -0.144. The number of thiol groups is 1. The lowest BCUT2D eigenvalue weighted by Gasteiger charge is -2.41. The maximum absolute atomic E-state index is 14.5. The molecule has 0 aromatic heterocycles. The van der Waals surface area contributed by atoms with Crippen molar-refractivity contribution < 1.29 is 33.4 Å². The van der Waals surface area contributed by atoms with E-state index in [9.17, 15) is 24.0 Å². The van der Waals surface area contributed by atoms with Gasteiger partial charge >= 0.3 is 12.1 Å². The highest BCUT2D eigenvalue weighted by Gasteiger charge is 2.43. The SMILES string of the molecule is COC(=O)c1ccc(C(=O)Nc2ccc3c(c2)CN(C(=O)C(NC(=O)OC(C)(C)C)C(C)(C)S)[C@H](C(=O)NC2CCCc4ccccc42)C3)cc1. The van der Waals surface area contributed by atoms with Crippen LogP contribution >= 0.6 is 12.6 Å². The van der Waals surface area contributed by atoms with Gasteiger partial charge in [-0.05, 0) is 113 Å². The van der Waals surface area contributed by atoms with Crippen LogP contribution in [0.25, 0.3) is 0 Å². The minimum Gasteiger partial charge on any atom is -0.465 e. The zero-order chi connectivity index (χ0) is 37.1. The number of methoxy groups -OCH3 is 1. The summed E-state index contributed by atoms with van der Waals surface area (Å²) in [7, 11) is 1.29. The van der Waals surface area contributed by atoms with Crippen molar-refractivity contribution in [2.24, 2.45) is 0 Å². The van der Waals surface area contributed by atoms with E-state index in [1.165, 1.54) is 41.8 Å². The molecular formula is C39H46N4O7S. The summed E-state index contributed by atoms with van der Waals surface area (Å²) in [6.45, 7) is 8.67. The summed E-state index contributed by atoms with van der Waals surface area (Å²) in [5, 5.41) is 8.83. The van der Waals surface area contributed by atoms with Gasteiger partial charge in [-0.15, -0.1) is 0 Å². The monoisotopic (exact) mass is 714 g/mol. The molecule has 2 aliphatic rings. The van der Waals surface area contributed by atoms with Gasteiger partial charge in [-0.25, -0.2) is 9.59 Å². The van der Waals surface area contributed by atoms with Gasteiger partial charge in [-0.1, -0.05) is 30.3 Å². The second-order valence-electron chi connectivity index (χ2n) is 14.6. The molecule has 1 aliphatic heterocycles. The van der Waals surface area contributed by atoms with Gasteiger partial charge in [0.1, 0.15) is 17.7 Å². The number of fused-ring (bicyclic) bond motifs is 2. The number of hydrogen-bond acceptors (Lipinski definition) is 8. The Bertz CT molecular complexity index is 1810. The molecule has 5 rings (SSSR count). The van der Waals surface area contributed by atoms with Crippen molar-refractivity contribution in [2.75, 3.05) is 12.4 Å². The van der Waals surface area contributed by atoms with Crippen LogP contribution in [0.15, 0.2) is 66.7 Å². The van der Waals surface area contributed by atoms with Crippen molar-refractivity contribution in [1.29, 1.82) is 0 Å². The van der Waals surface area contributed by atoms with Crippen molar-refractivity contribution >= 4 is 48.1 Å². The molecule has 0 bridgehead atoms. The highest BCUT2D eigenvalue weighted by atomic mass is 32.1. The van der Waals surface area contributed by atoms with Gasteiger partial charge in [0.2, 0.25) is 11.8 Å². The maximum atomic E-state index is 14.5. The van der Waals surface area contributed by atoms with E-state index in [4.69, 9.17) is 9.47 Å². The second-order valence-corrected chi connectivity index (χ2v) is 15.7. The predicted molar refractivity (Wildman–Crippen MR) is 197 cm³/mol. The van der Waals surface area contributed by atoms with Crippen LogP contribution in [0.4, 0.5) is 10.5 Å². The van der Waals surface area contributed by atoms with E-state index in [-0.39, 0.29) is 24.9 Å². The average Bonchev–Trinajstić information content (AvgIpc) is 3.08. The topological polar surface area (TPSA) is 143 Å². The third kappa shape index (κ3) is 9.10. The third-order valence-electron chi connectivity index (χ3n) is 9.05. The van der Waals surface area contributed by atoms with Crippen LogP contribution in [-0.2, 0) is 38.4 Å². The van der Waals surface area contributed by atoms with E-state index in [0.717, 1.165) is 36.0 Å². The molecule has 3 aromatic rings. The number of carbonyl (C=O) groups excluding carboxylic acids is 5. The van der Waals surface area contributed by atoms with Crippen molar-refractivity contribution in [1.82, 2.24) is 15.5 Å². The Hall–Kier alpha value is -4.84. The van der Waals surface area contributed by atoms with Crippen molar-refractivity contribution in [3.8, 4) is 0 Å². The second kappa shape index (κ2) is 15.2. The molecule has 0 saturated carbocycles. The molecule has 0 fully saturated rings. The summed E-state index contributed by atoms with van der Waals surface area (Å²) in [4.78, 5) is 68.1. The lowest BCUT2D eigenvalue weighted by atomic mass is 9.87. The fraction of sp³-hybridized carbons (Fsp3) is 0.410. The third-order valence-corrected chi connectivity index (χ3v) is 9.31. The highest BCUT2D eigenvalue weighted by molar-refractivity contribution is 7.81. The number of ether oxygens (including phenoxy) is 2. The summed E-state index contributed by atoms with van der Waals surface area (Å²) < 4.78 is 9.18. The average molecular weight is 715 g/mol. The normalized spacial score (nSPS) is 17.6. The van der Waals surface area contributed by atoms with Gasteiger partial charge in [0, 0.05) is 29.0 Å². The predicted octanol–water partition coefficient (Wildman–Crippen LogP) is 5.77. The first kappa shape index (κ1) is 37.4. The minimum absolute atomic E-state index is 0.0431. The number of benzene rings is 3. The number of hydrogen-bond donors (Lipinski definition) is 4. The summed E-state index contributed by atoms with van der Waals surface area (Å²) >= 11 is 4.69. The lowest BCUT2D eigenvalue weighted by Crippen LogP contribution is -2.62. The van der Waals surface area contributed by atoms with Crippen LogP contribution in [0.3, 0.4) is 0 Å². The van der Waals surface area contributed by atoms with E-state index >= 15 is 0 Å². The van der Waals surface area contributed by atoms with Gasteiger partial charge in [0.05, 0.1) is 18.7 Å². The largest absolute Gasteiger partial charge is 0.465 e. The summed E-state index contributed by atoms with van der Waals surface area (Å²) in [6, 6.07) is 17.3. The fourth-order valence-electron chi connectivity index (χ4n) is 6.51. The first-order valence-electron chi connectivity index (χ1n) is 17.1. The maximum Gasteiger partial charge on any atom is 0.408 e. The number of esters is 1. The summed E-state index contributed by atoms with van der Waals surface area (Å²) in [5.74, 6) is -1.68. The van der Waals surface area contributed by atoms with Gasteiger partial charge in [0.25, 0.3) is 5.91 Å². The van der Waals surface area contributed by atoms with E-state index in [1.54, 1.807) is 46.8 Å². The first-order valence-corrected chi connectivity index (χ1v) is 17.5. The number of carbonyl (C=O) groups is 5. The standard InChI is InChI=1S/C39H46N4O7S/c1-38(2,3)50-37(48)42-32(39(4,5)51)35(46)43-22-27-20-28(40-33(44)24-14-16-25(17-15-24)36(47)49-6)19-18-26(27)21-31(43)34(45)41-30-13-9-11-23-10-7-8-12-29(23)30/h7-8,10,12,14-20,30-32,51H,9,11,13,21-22H2,1-6H3,(H,40,44)(H,41,45)(H,42,48)/t30?,31-,32?/m0/s1. The van der Waals surface area contributed by atoms with E-state index in [0.29, 0.717) is 16.8 Å². The Morgan fingerprint density at radius 1 is 0.882 bits per heavy atom. The van der Waals surface area contributed by atoms with Crippen LogP contribution in [0, 0.1) is 0 Å². The van der Waals surface area contributed by atoms with Gasteiger partial charge in [-0.2, -0.15) is 12.6 Å². The Labute approximate surface area is 304 Å². The molecule has 12 heteroatoms. The zero-order valence-electron chi connectivity index (χ0n) is 29.9. The highest BCUT2D eigenvalue weighted by Crippen LogP contribution is 2.33. The van der Waals surface area contributed by atoms with E-state index < -0.39 is 46.3 Å². The molecule has 3 aromatic carbocycles. The molecule has 1 aliphatic carbocycles. The number of nitrogens with one attached hydrogen (secondary N) is 3. The van der Waals surface area contributed by atoms with Crippen molar-refractivity contribution in [3.05, 3.63) is 100 Å². The summed E-state index contributed by atoms with van der Waals surface area (Å²) in [5.41, 5.74) is 4.21. The number of aryl methyl sites for hydroxylation is 1. The van der Waals surface area contributed by atoms with E-state index in [2.05, 4.69) is 34.6 Å². The Morgan fingerprint density at radius 2 is 1.57 bits per heavy atom. The molecule has 0 saturated heterocycles. The van der Waals surface area contributed by atoms with Crippen LogP contribution in [0.5, 0.6) is 0 Å². The summed E-state index contributed by atoms with van der Waals surface area (Å²) in [6.07, 6.45) is 2.09. The van der Waals surface area contributed by atoms with Crippen LogP contribution in [0.2, 0.25) is 0 Å². The number of amides is 4. The Morgan fingerprint density at radius 3 is 2.24 bits per heavy atom. The number of anilines is 1. The Kier molecular flexibility index (Phi) is 11.1. The number of nitrogens with zero attached hydrogens (tertiary/aromatic N) is 1. The van der Waals surface area contributed by atoms with Crippen LogP contribution < -0.4 is 16.0 Å². The fourth-order valence-corrected chi connectivity index (χ4v) is 6.69. The van der Waals surface area contributed by atoms with E-state index in [1.807, 2.05) is 24.3 Å². The molecule has 3 N–H and O–H groups in total. The molecule has 3 atom stereocenters. The van der Waals surface area contributed by atoms with Gasteiger partial charge in [-0.3, -0.25) is 14.4 Å². The molecule has 11 nitrogen and oxygen atoms in total. The van der Waals surface area contributed by atoms with Gasteiger partial charge in [0.15, 0.2) is 0 Å². The molecule has 2 unspecified atom stereocenters. The molecule has 1 heterocycles. The molecular weight excluding hydrogens is 669 g/mol. The van der Waals surface area contributed by atoms with Crippen LogP contribution in [0.1, 0.15) is 96.5 Å². The molecule has 51 heavy (non-hydrogen) atoms. The minimum atomic E-state index is -1.14. The molecule has 4 amide bonds. The van der Waals surface area contributed by atoms with Crippen molar-refractivity contribution in [3.63, 3.8) is 0 Å².